The topological polar surface area (TPSA) is 32.8 Å². The van der Waals surface area contributed by atoms with Crippen LogP contribution in [0, 0.1) is 0 Å². The van der Waals surface area contributed by atoms with Crippen LogP contribution in [0.2, 0.25) is 0 Å². The van der Waals surface area contributed by atoms with Gasteiger partial charge in [-0.1, -0.05) is 6.08 Å². The Morgan fingerprint density at radius 3 is 3.07 bits per heavy atom. The molecule has 2 aliphatic rings. The molecule has 0 aromatic heterocycles. The van der Waals surface area contributed by atoms with Gasteiger partial charge in [-0.3, -0.25) is 9.63 Å². The van der Waals surface area contributed by atoms with Crippen molar-refractivity contribution in [3.63, 3.8) is 0 Å². The van der Waals surface area contributed by atoms with Crippen LogP contribution < -0.4 is 0 Å². The van der Waals surface area contributed by atoms with Gasteiger partial charge in [0, 0.05) is 13.1 Å². The summed E-state index contributed by atoms with van der Waals surface area (Å²) in [6.07, 6.45) is 3.83. The average Bonchev–Trinajstić information content (AvgIpc) is 2.52. The molecule has 1 fully saturated rings. The summed E-state index contributed by atoms with van der Waals surface area (Å²) in [6, 6.07) is 0. The van der Waals surface area contributed by atoms with Gasteiger partial charge in [0.25, 0.3) is 0 Å². The second-order valence-corrected chi connectivity index (χ2v) is 3.90. The lowest BCUT2D eigenvalue weighted by Gasteiger charge is -2.25. The summed E-state index contributed by atoms with van der Waals surface area (Å²) >= 11 is 0. The molecule has 0 aromatic rings. The molecule has 78 valence electrons. The third-order valence-electron chi connectivity index (χ3n) is 2.60. The highest BCUT2D eigenvalue weighted by atomic mass is 16.7. The first kappa shape index (κ1) is 9.68. The highest BCUT2D eigenvalue weighted by molar-refractivity contribution is 5.76. The van der Waals surface area contributed by atoms with Crippen LogP contribution in [0.4, 0.5) is 0 Å². The monoisotopic (exact) mass is 196 g/mol. The van der Waals surface area contributed by atoms with E-state index in [1.807, 2.05) is 0 Å². The summed E-state index contributed by atoms with van der Waals surface area (Å²) in [5.74, 6) is 0.110. The predicted octanol–water partition coefficient (Wildman–Crippen LogP) is 0.412. The third-order valence-corrected chi connectivity index (χ3v) is 2.60. The van der Waals surface area contributed by atoms with Crippen molar-refractivity contribution in [3.8, 4) is 0 Å². The van der Waals surface area contributed by atoms with Crippen molar-refractivity contribution in [3.05, 3.63) is 11.6 Å². The van der Waals surface area contributed by atoms with E-state index in [9.17, 15) is 4.79 Å². The zero-order valence-electron chi connectivity index (χ0n) is 8.53. The van der Waals surface area contributed by atoms with Gasteiger partial charge in [0.15, 0.2) is 0 Å². The average molecular weight is 196 g/mol. The Kier molecular flexibility index (Phi) is 2.84. The van der Waals surface area contributed by atoms with Gasteiger partial charge >= 0.3 is 0 Å². The second-order valence-electron chi connectivity index (χ2n) is 3.90. The van der Waals surface area contributed by atoms with E-state index >= 15 is 0 Å². The van der Waals surface area contributed by atoms with Gasteiger partial charge in [0.1, 0.15) is 0 Å². The first-order valence-corrected chi connectivity index (χ1v) is 5.05. The number of hydroxylamine groups is 2. The summed E-state index contributed by atoms with van der Waals surface area (Å²) in [5.41, 5.74) is 1.29. The van der Waals surface area contributed by atoms with Gasteiger partial charge in [-0.25, -0.2) is 5.06 Å². The number of hydrogen-bond donors (Lipinski definition) is 0. The van der Waals surface area contributed by atoms with E-state index in [2.05, 4.69) is 18.0 Å². The standard InChI is InChI=1S/C10H16N2O2/c1-11-5-2-3-9(7-11)8-12-10(13)4-6-14-12/h3H,2,4-8H2,1H3. The van der Waals surface area contributed by atoms with Crippen molar-refractivity contribution in [2.45, 2.75) is 12.8 Å². The smallest absolute Gasteiger partial charge is 0.248 e. The fraction of sp³-hybridized carbons (Fsp3) is 0.700. The van der Waals surface area contributed by atoms with Crippen molar-refractivity contribution in [1.29, 1.82) is 0 Å². The highest BCUT2D eigenvalue weighted by Gasteiger charge is 2.23. The normalized spacial score (nSPS) is 24.2. The molecule has 0 spiro atoms. The zero-order valence-corrected chi connectivity index (χ0v) is 8.53. The summed E-state index contributed by atoms with van der Waals surface area (Å²) in [6.45, 7) is 3.25. The lowest BCUT2D eigenvalue weighted by molar-refractivity contribution is -0.159. The Bertz CT molecular complexity index is 263. The first-order chi connectivity index (χ1) is 6.75. The molecule has 0 aromatic carbocycles. The number of nitrogens with zero attached hydrogens (tertiary/aromatic N) is 2. The molecule has 2 aliphatic heterocycles. The van der Waals surface area contributed by atoms with E-state index in [-0.39, 0.29) is 5.91 Å². The van der Waals surface area contributed by atoms with Crippen LogP contribution in [0.1, 0.15) is 12.8 Å². The molecule has 0 aliphatic carbocycles. The number of carbonyl (C=O) groups excluding carboxylic acids is 1. The van der Waals surface area contributed by atoms with Gasteiger partial charge in [-0.2, -0.15) is 0 Å². The van der Waals surface area contributed by atoms with Crippen LogP contribution in [-0.4, -0.2) is 49.2 Å². The molecule has 4 heteroatoms. The SMILES string of the molecule is CN1CCC=C(CN2OCCC2=O)C1. The molecule has 0 atom stereocenters. The zero-order chi connectivity index (χ0) is 9.97. The molecule has 0 bridgehead atoms. The Hall–Kier alpha value is -0.870. The summed E-state index contributed by atoms with van der Waals surface area (Å²) in [4.78, 5) is 18.8. The third kappa shape index (κ3) is 2.13. The van der Waals surface area contributed by atoms with Crippen LogP contribution in [0.3, 0.4) is 0 Å². The molecule has 2 heterocycles. The molecule has 0 radical (unpaired) electrons. The summed E-state index contributed by atoms with van der Waals surface area (Å²) < 4.78 is 0. The number of hydrogen-bond acceptors (Lipinski definition) is 3. The quantitative estimate of drug-likeness (QED) is 0.600. The van der Waals surface area contributed by atoms with Crippen LogP contribution in [0.5, 0.6) is 0 Å². The fourth-order valence-electron chi connectivity index (χ4n) is 1.85. The van der Waals surface area contributed by atoms with E-state index in [1.165, 1.54) is 10.6 Å². The van der Waals surface area contributed by atoms with E-state index < -0.39 is 0 Å². The van der Waals surface area contributed by atoms with Crippen LogP contribution in [0.15, 0.2) is 11.6 Å². The Morgan fingerprint density at radius 2 is 2.43 bits per heavy atom. The largest absolute Gasteiger partial charge is 0.302 e. The maximum atomic E-state index is 11.3. The molecule has 0 saturated carbocycles. The first-order valence-electron chi connectivity index (χ1n) is 5.05. The Morgan fingerprint density at radius 1 is 1.57 bits per heavy atom. The maximum absolute atomic E-state index is 11.3. The molecule has 4 nitrogen and oxygen atoms in total. The Labute approximate surface area is 84.1 Å². The molecule has 1 amide bonds. The van der Waals surface area contributed by atoms with Gasteiger partial charge < -0.3 is 4.90 Å². The predicted molar refractivity (Wildman–Crippen MR) is 52.5 cm³/mol. The molecule has 0 N–H and O–H groups in total. The number of rotatable bonds is 2. The maximum Gasteiger partial charge on any atom is 0.248 e. The van der Waals surface area contributed by atoms with Gasteiger partial charge in [0.05, 0.1) is 19.6 Å². The minimum absolute atomic E-state index is 0.110. The minimum atomic E-state index is 0.110. The van der Waals surface area contributed by atoms with Crippen molar-refractivity contribution < 1.29 is 9.63 Å². The Balaban J connectivity index is 1.90. The van der Waals surface area contributed by atoms with Gasteiger partial charge in [-0.05, 0) is 19.0 Å². The van der Waals surface area contributed by atoms with Crippen molar-refractivity contribution in [2.24, 2.45) is 0 Å². The highest BCUT2D eigenvalue weighted by Crippen LogP contribution is 2.13. The second kappa shape index (κ2) is 4.11. The molecule has 14 heavy (non-hydrogen) atoms. The van der Waals surface area contributed by atoms with Crippen LogP contribution in [0.25, 0.3) is 0 Å². The lowest BCUT2D eigenvalue weighted by atomic mass is 10.1. The van der Waals surface area contributed by atoms with E-state index in [0.29, 0.717) is 19.6 Å². The number of carbonyl (C=O) groups is 1. The summed E-state index contributed by atoms with van der Waals surface area (Å²) in [5, 5.41) is 1.49. The van der Waals surface area contributed by atoms with Crippen molar-refractivity contribution in [2.75, 3.05) is 33.3 Å². The molecular formula is C10H16N2O2. The van der Waals surface area contributed by atoms with Gasteiger partial charge in [0.2, 0.25) is 5.91 Å². The molecule has 2 rings (SSSR count). The minimum Gasteiger partial charge on any atom is -0.302 e. The van der Waals surface area contributed by atoms with Crippen molar-refractivity contribution in [1.82, 2.24) is 9.96 Å². The van der Waals surface area contributed by atoms with E-state index in [0.717, 1.165) is 19.5 Å². The molecule has 1 saturated heterocycles. The lowest BCUT2D eigenvalue weighted by Crippen LogP contribution is -2.32. The van der Waals surface area contributed by atoms with Gasteiger partial charge in [-0.15, -0.1) is 0 Å². The van der Waals surface area contributed by atoms with Crippen molar-refractivity contribution >= 4 is 5.91 Å². The van der Waals surface area contributed by atoms with Crippen LogP contribution >= 0.6 is 0 Å². The van der Waals surface area contributed by atoms with E-state index in [4.69, 9.17) is 4.84 Å². The molecule has 0 unspecified atom stereocenters. The summed E-state index contributed by atoms with van der Waals surface area (Å²) in [7, 11) is 2.10. The fourth-order valence-corrected chi connectivity index (χ4v) is 1.85. The van der Waals surface area contributed by atoms with E-state index in [1.54, 1.807) is 0 Å². The number of amides is 1. The number of likely N-dealkylation sites (N-methyl/N-ethyl adjacent to an activating group) is 1. The molecular weight excluding hydrogens is 180 g/mol. The van der Waals surface area contributed by atoms with Crippen LogP contribution in [-0.2, 0) is 9.63 Å².